The lowest BCUT2D eigenvalue weighted by molar-refractivity contribution is -0.384. The molecule has 1 aromatic rings. The molecular weight excluding hydrogens is 324 g/mol. The molecule has 0 aromatic heterocycles. The highest BCUT2D eigenvalue weighted by molar-refractivity contribution is 6.33. The van der Waals surface area contributed by atoms with Crippen molar-refractivity contribution in [2.24, 2.45) is 11.3 Å². The van der Waals surface area contributed by atoms with Crippen LogP contribution in [-0.2, 0) is 4.79 Å². The number of fused-ring (bicyclic) bond motifs is 1. The van der Waals surface area contributed by atoms with Gasteiger partial charge in [0.1, 0.15) is 5.02 Å². The van der Waals surface area contributed by atoms with Crippen molar-refractivity contribution in [3.63, 3.8) is 0 Å². The summed E-state index contributed by atoms with van der Waals surface area (Å²) in [5, 5.41) is 20.2. The van der Waals surface area contributed by atoms with Crippen molar-refractivity contribution in [3.05, 3.63) is 38.9 Å². The van der Waals surface area contributed by atoms with Gasteiger partial charge in [-0.15, -0.1) is 0 Å². The van der Waals surface area contributed by atoms with Crippen LogP contribution in [0.1, 0.15) is 29.6 Å². The zero-order valence-electron chi connectivity index (χ0n) is 12.2. The van der Waals surface area contributed by atoms with E-state index >= 15 is 0 Å². The van der Waals surface area contributed by atoms with Crippen molar-refractivity contribution in [3.8, 4) is 0 Å². The third-order valence-electron chi connectivity index (χ3n) is 4.98. The van der Waals surface area contributed by atoms with Gasteiger partial charge in [0.05, 0.1) is 10.3 Å². The van der Waals surface area contributed by atoms with E-state index in [1.54, 1.807) is 0 Å². The fourth-order valence-corrected chi connectivity index (χ4v) is 4.01. The second-order valence-corrected chi connectivity index (χ2v) is 6.57. The number of amides is 1. The van der Waals surface area contributed by atoms with Crippen molar-refractivity contribution >= 4 is 29.2 Å². The van der Waals surface area contributed by atoms with E-state index in [-0.39, 0.29) is 34.6 Å². The summed E-state index contributed by atoms with van der Waals surface area (Å²) >= 11 is 5.84. The molecule has 1 aliphatic heterocycles. The molecule has 1 saturated heterocycles. The first kappa shape index (κ1) is 15.7. The van der Waals surface area contributed by atoms with Crippen LogP contribution in [0.4, 0.5) is 5.69 Å². The average molecular weight is 339 g/mol. The largest absolute Gasteiger partial charge is 0.481 e. The molecule has 2 atom stereocenters. The number of nitro benzene ring substituents is 1. The van der Waals surface area contributed by atoms with Gasteiger partial charge in [0.25, 0.3) is 11.6 Å². The molecule has 0 spiro atoms. The highest BCUT2D eigenvalue weighted by atomic mass is 35.5. The summed E-state index contributed by atoms with van der Waals surface area (Å²) in [6, 6.07) is 3.82. The van der Waals surface area contributed by atoms with Gasteiger partial charge < -0.3 is 10.0 Å². The Bertz CT molecular complexity index is 707. The Hall–Kier alpha value is -2.15. The van der Waals surface area contributed by atoms with E-state index in [0.717, 1.165) is 12.8 Å². The minimum absolute atomic E-state index is 0.0301. The molecule has 122 valence electrons. The molecule has 0 radical (unpaired) electrons. The standard InChI is InChI=1S/C15H15ClN2O5/c16-11-6-9(3-4-12(11)18(22)23)13(19)17-7-10-2-1-5-15(10,8-17)14(20)21/h3-4,6,10H,1-2,5,7-8H2,(H,20,21)/t10-,15+/m0/s1. The number of aliphatic carboxylic acids is 1. The number of hydrogen-bond acceptors (Lipinski definition) is 4. The van der Waals surface area contributed by atoms with E-state index in [1.807, 2.05) is 0 Å². The smallest absolute Gasteiger partial charge is 0.311 e. The molecule has 7 nitrogen and oxygen atoms in total. The van der Waals surface area contributed by atoms with E-state index < -0.39 is 16.3 Å². The van der Waals surface area contributed by atoms with Crippen LogP contribution >= 0.6 is 11.6 Å². The first-order valence-corrected chi connectivity index (χ1v) is 7.69. The molecule has 3 rings (SSSR count). The van der Waals surface area contributed by atoms with Crippen LogP contribution in [0.2, 0.25) is 5.02 Å². The first-order chi connectivity index (χ1) is 10.8. The SMILES string of the molecule is O=C(c1ccc([N+](=O)[O-])c(Cl)c1)N1C[C@@H]2CCC[C@@]2(C(=O)O)C1. The van der Waals surface area contributed by atoms with Gasteiger partial charge in [-0.1, -0.05) is 18.0 Å². The van der Waals surface area contributed by atoms with Crippen LogP contribution in [0, 0.1) is 21.4 Å². The molecular formula is C15H15ClN2O5. The predicted octanol–water partition coefficient (Wildman–Crippen LogP) is 2.58. The number of hydrogen-bond donors (Lipinski definition) is 1. The van der Waals surface area contributed by atoms with Gasteiger partial charge in [0, 0.05) is 24.7 Å². The van der Waals surface area contributed by atoms with Gasteiger partial charge in [0.15, 0.2) is 0 Å². The Labute approximate surface area is 137 Å². The normalized spacial score (nSPS) is 26.1. The molecule has 1 aromatic carbocycles. The highest BCUT2D eigenvalue weighted by Gasteiger charge is 2.55. The van der Waals surface area contributed by atoms with E-state index in [0.29, 0.717) is 13.0 Å². The zero-order valence-corrected chi connectivity index (χ0v) is 13.0. The number of carbonyl (C=O) groups excluding carboxylic acids is 1. The summed E-state index contributed by atoms with van der Waals surface area (Å²) in [7, 11) is 0. The average Bonchev–Trinajstić information content (AvgIpc) is 3.03. The van der Waals surface area contributed by atoms with E-state index in [4.69, 9.17) is 11.6 Å². The zero-order chi connectivity index (χ0) is 16.8. The number of carboxylic acid groups (broad SMARTS) is 1. The van der Waals surface area contributed by atoms with Gasteiger partial charge >= 0.3 is 5.97 Å². The topological polar surface area (TPSA) is 101 Å². The number of benzene rings is 1. The molecule has 2 aliphatic rings. The second-order valence-electron chi connectivity index (χ2n) is 6.16. The van der Waals surface area contributed by atoms with Crippen molar-refractivity contribution in [1.29, 1.82) is 0 Å². The Balaban J connectivity index is 1.84. The van der Waals surface area contributed by atoms with Gasteiger partial charge in [0.2, 0.25) is 0 Å². The van der Waals surface area contributed by atoms with E-state index in [1.165, 1.54) is 23.1 Å². The Morgan fingerprint density at radius 3 is 2.74 bits per heavy atom. The van der Waals surface area contributed by atoms with Gasteiger partial charge in [-0.2, -0.15) is 0 Å². The second kappa shape index (κ2) is 5.49. The van der Waals surface area contributed by atoms with Crippen LogP contribution in [-0.4, -0.2) is 39.9 Å². The third-order valence-corrected chi connectivity index (χ3v) is 5.28. The Kier molecular flexibility index (Phi) is 3.75. The van der Waals surface area contributed by atoms with Crippen molar-refractivity contribution < 1.29 is 19.6 Å². The summed E-state index contributed by atoms with van der Waals surface area (Å²) < 4.78 is 0. The molecule has 1 amide bonds. The highest BCUT2D eigenvalue weighted by Crippen LogP contribution is 2.49. The molecule has 1 N–H and O–H groups in total. The molecule has 23 heavy (non-hydrogen) atoms. The fraction of sp³-hybridized carbons (Fsp3) is 0.467. The van der Waals surface area contributed by atoms with Gasteiger partial charge in [-0.25, -0.2) is 0 Å². The molecule has 0 unspecified atom stereocenters. The molecule has 1 saturated carbocycles. The summed E-state index contributed by atoms with van der Waals surface area (Å²) in [6.07, 6.45) is 2.25. The predicted molar refractivity (Wildman–Crippen MR) is 81.4 cm³/mol. The maximum atomic E-state index is 12.6. The quantitative estimate of drug-likeness (QED) is 0.674. The lowest BCUT2D eigenvalue weighted by atomic mass is 9.81. The molecule has 1 heterocycles. The van der Waals surface area contributed by atoms with Crippen LogP contribution in [0.3, 0.4) is 0 Å². The maximum absolute atomic E-state index is 12.6. The molecule has 0 bridgehead atoms. The Morgan fingerprint density at radius 1 is 1.43 bits per heavy atom. The lowest BCUT2D eigenvalue weighted by Gasteiger charge is -2.23. The van der Waals surface area contributed by atoms with Crippen LogP contribution in [0.15, 0.2) is 18.2 Å². The number of nitrogens with zero attached hydrogens (tertiary/aromatic N) is 2. The lowest BCUT2D eigenvalue weighted by Crippen LogP contribution is -2.37. The minimum Gasteiger partial charge on any atom is -0.481 e. The number of nitro groups is 1. The molecule has 8 heteroatoms. The monoisotopic (exact) mass is 338 g/mol. The van der Waals surface area contributed by atoms with Crippen molar-refractivity contribution in [2.45, 2.75) is 19.3 Å². The van der Waals surface area contributed by atoms with Gasteiger partial charge in [-0.3, -0.25) is 19.7 Å². The Morgan fingerprint density at radius 2 is 2.17 bits per heavy atom. The molecule has 2 fully saturated rings. The fourth-order valence-electron chi connectivity index (χ4n) is 3.76. The molecule has 1 aliphatic carbocycles. The first-order valence-electron chi connectivity index (χ1n) is 7.32. The van der Waals surface area contributed by atoms with Crippen LogP contribution < -0.4 is 0 Å². The van der Waals surface area contributed by atoms with Crippen LogP contribution in [0.5, 0.6) is 0 Å². The summed E-state index contributed by atoms with van der Waals surface area (Å²) in [4.78, 5) is 35.9. The maximum Gasteiger partial charge on any atom is 0.311 e. The number of rotatable bonds is 3. The van der Waals surface area contributed by atoms with Crippen molar-refractivity contribution in [2.75, 3.05) is 13.1 Å². The third kappa shape index (κ3) is 2.45. The van der Waals surface area contributed by atoms with Gasteiger partial charge in [-0.05, 0) is 30.9 Å². The van der Waals surface area contributed by atoms with E-state index in [9.17, 15) is 24.8 Å². The van der Waals surface area contributed by atoms with E-state index in [2.05, 4.69) is 0 Å². The number of halogens is 1. The minimum atomic E-state index is -0.850. The number of carbonyl (C=O) groups is 2. The van der Waals surface area contributed by atoms with Crippen molar-refractivity contribution in [1.82, 2.24) is 4.90 Å². The summed E-state index contributed by atoms with van der Waals surface area (Å²) in [5.41, 5.74) is -0.870. The van der Waals surface area contributed by atoms with Crippen LogP contribution in [0.25, 0.3) is 0 Å². The summed E-state index contributed by atoms with van der Waals surface area (Å²) in [5.74, 6) is -1.22. The number of likely N-dealkylation sites (tertiary alicyclic amines) is 1. The number of carboxylic acids is 1. The summed E-state index contributed by atoms with van der Waals surface area (Å²) in [6.45, 7) is 0.584.